The number of rotatable bonds is 1. The first-order chi connectivity index (χ1) is 11.0. The van der Waals surface area contributed by atoms with E-state index in [2.05, 4.69) is 44.3 Å². The summed E-state index contributed by atoms with van der Waals surface area (Å²) in [4.78, 5) is 18.4. The van der Waals surface area contributed by atoms with Crippen molar-refractivity contribution in [3.8, 4) is 11.3 Å². The molecule has 1 amide bonds. The van der Waals surface area contributed by atoms with Crippen LogP contribution < -0.4 is 4.90 Å². The molecule has 23 heavy (non-hydrogen) atoms. The molecule has 0 radical (unpaired) electrons. The van der Waals surface area contributed by atoms with E-state index in [-0.39, 0.29) is 11.9 Å². The highest BCUT2D eigenvalue weighted by Gasteiger charge is 2.29. The smallest absolute Gasteiger partial charge is 0.224 e. The van der Waals surface area contributed by atoms with E-state index in [9.17, 15) is 4.79 Å². The van der Waals surface area contributed by atoms with Crippen molar-refractivity contribution in [2.24, 2.45) is 0 Å². The van der Waals surface area contributed by atoms with Crippen molar-refractivity contribution in [3.05, 3.63) is 53.9 Å². The van der Waals surface area contributed by atoms with Gasteiger partial charge in [0.2, 0.25) is 5.91 Å². The molecule has 4 nitrogen and oxygen atoms in total. The van der Waals surface area contributed by atoms with Crippen molar-refractivity contribution in [1.29, 1.82) is 0 Å². The van der Waals surface area contributed by atoms with Crippen LogP contribution in [0.4, 0.5) is 5.69 Å². The minimum Gasteiger partial charge on any atom is -0.309 e. The summed E-state index contributed by atoms with van der Waals surface area (Å²) in [5.74, 6) is 0.104. The van der Waals surface area contributed by atoms with E-state index in [4.69, 9.17) is 4.98 Å². The van der Waals surface area contributed by atoms with Crippen LogP contribution in [-0.4, -0.2) is 21.3 Å². The molecule has 4 rings (SSSR count). The van der Waals surface area contributed by atoms with Gasteiger partial charge in [0.25, 0.3) is 0 Å². The summed E-state index contributed by atoms with van der Waals surface area (Å²) in [6.45, 7) is 5.79. The fourth-order valence-electron chi connectivity index (χ4n) is 3.49. The number of carbonyl (C=O) groups excluding carboxylic acids is 1. The van der Waals surface area contributed by atoms with Crippen molar-refractivity contribution in [2.45, 2.75) is 33.2 Å². The Morgan fingerprint density at radius 2 is 2.09 bits per heavy atom. The molecular formula is C19H19N3O. The summed E-state index contributed by atoms with van der Waals surface area (Å²) in [5.41, 5.74) is 6.48. The Hall–Kier alpha value is -2.62. The van der Waals surface area contributed by atoms with Crippen LogP contribution in [0.3, 0.4) is 0 Å². The number of carbonyl (C=O) groups is 1. The maximum Gasteiger partial charge on any atom is 0.224 e. The molecule has 4 heteroatoms. The van der Waals surface area contributed by atoms with Gasteiger partial charge in [-0.05, 0) is 55.7 Å². The normalized spacial score (nSPS) is 16.8. The lowest BCUT2D eigenvalue weighted by Crippen LogP contribution is -2.33. The monoisotopic (exact) mass is 305 g/mol. The second-order valence-corrected chi connectivity index (χ2v) is 6.38. The van der Waals surface area contributed by atoms with Gasteiger partial charge in [-0.3, -0.25) is 4.79 Å². The predicted octanol–water partition coefficient (Wildman–Crippen LogP) is 3.61. The summed E-state index contributed by atoms with van der Waals surface area (Å²) < 4.78 is 2.04. The zero-order chi connectivity index (χ0) is 16.1. The van der Waals surface area contributed by atoms with Gasteiger partial charge in [0.1, 0.15) is 5.65 Å². The summed E-state index contributed by atoms with van der Waals surface area (Å²) >= 11 is 0. The number of anilines is 1. The fourth-order valence-corrected chi connectivity index (χ4v) is 3.49. The quantitative estimate of drug-likeness (QED) is 0.689. The van der Waals surface area contributed by atoms with Crippen LogP contribution in [0.1, 0.15) is 25.0 Å². The number of imidazole rings is 1. The zero-order valence-electron chi connectivity index (χ0n) is 13.6. The lowest BCUT2D eigenvalue weighted by molar-refractivity contribution is -0.116. The number of hydrogen-bond donors (Lipinski definition) is 0. The van der Waals surface area contributed by atoms with E-state index in [0.717, 1.165) is 29.0 Å². The highest BCUT2D eigenvalue weighted by molar-refractivity contribution is 5.95. The van der Waals surface area contributed by atoms with Crippen LogP contribution in [0.15, 0.2) is 42.7 Å². The second-order valence-electron chi connectivity index (χ2n) is 6.38. The van der Waals surface area contributed by atoms with E-state index in [0.29, 0.717) is 0 Å². The van der Waals surface area contributed by atoms with Gasteiger partial charge in [0.05, 0.1) is 5.69 Å². The van der Waals surface area contributed by atoms with Crippen LogP contribution in [0, 0.1) is 6.92 Å². The summed E-state index contributed by atoms with van der Waals surface area (Å²) in [5, 5.41) is 0. The molecule has 1 aliphatic heterocycles. The average Bonchev–Trinajstić information content (AvgIpc) is 3.05. The first kappa shape index (κ1) is 14.0. The molecule has 0 saturated heterocycles. The minimum atomic E-state index is 0.104. The lowest BCUT2D eigenvalue weighted by Gasteiger charge is -2.20. The first-order valence-corrected chi connectivity index (χ1v) is 7.91. The highest BCUT2D eigenvalue weighted by Crippen LogP contribution is 2.35. The number of amides is 1. The maximum absolute atomic E-state index is 11.8. The van der Waals surface area contributed by atoms with Crippen molar-refractivity contribution in [2.75, 3.05) is 4.90 Å². The minimum absolute atomic E-state index is 0.104. The lowest BCUT2D eigenvalue weighted by atomic mass is 10.1. The SMILES string of the molecule is CC(=O)N1c2ccc(-c3cn4ccc(C)cc4n3)cc2C[C@@H]1C. The van der Waals surface area contributed by atoms with E-state index < -0.39 is 0 Å². The van der Waals surface area contributed by atoms with Crippen molar-refractivity contribution >= 4 is 17.2 Å². The van der Waals surface area contributed by atoms with Crippen LogP contribution in [0.2, 0.25) is 0 Å². The Morgan fingerprint density at radius 3 is 2.87 bits per heavy atom. The van der Waals surface area contributed by atoms with Crippen LogP contribution in [-0.2, 0) is 11.2 Å². The van der Waals surface area contributed by atoms with Gasteiger partial charge in [-0.25, -0.2) is 4.98 Å². The molecule has 0 bridgehead atoms. The van der Waals surface area contributed by atoms with Crippen LogP contribution >= 0.6 is 0 Å². The Labute approximate surface area is 135 Å². The number of nitrogens with zero attached hydrogens (tertiary/aromatic N) is 3. The number of pyridine rings is 1. The van der Waals surface area contributed by atoms with Crippen LogP contribution in [0.25, 0.3) is 16.9 Å². The van der Waals surface area contributed by atoms with E-state index in [1.807, 2.05) is 21.6 Å². The Bertz CT molecular complexity index is 926. The van der Waals surface area contributed by atoms with Gasteiger partial charge in [-0.1, -0.05) is 6.07 Å². The third-order valence-electron chi connectivity index (χ3n) is 4.55. The molecule has 1 aromatic carbocycles. The van der Waals surface area contributed by atoms with Gasteiger partial charge in [-0.2, -0.15) is 0 Å². The summed E-state index contributed by atoms with van der Waals surface area (Å²) in [6, 6.07) is 10.7. The molecule has 3 aromatic rings. The third kappa shape index (κ3) is 2.22. The van der Waals surface area contributed by atoms with Crippen molar-refractivity contribution in [1.82, 2.24) is 9.38 Å². The van der Waals surface area contributed by atoms with E-state index in [1.54, 1.807) is 6.92 Å². The number of aryl methyl sites for hydroxylation is 1. The van der Waals surface area contributed by atoms with Gasteiger partial charge in [0, 0.05) is 36.6 Å². The number of fused-ring (bicyclic) bond motifs is 2. The molecule has 1 atom stereocenters. The molecule has 3 heterocycles. The molecule has 0 fully saturated rings. The molecular weight excluding hydrogens is 286 g/mol. The molecule has 0 unspecified atom stereocenters. The second kappa shape index (κ2) is 4.95. The van der Waals surface area contributed by atoms with Crippen LogP contribution in [0.5, 0.6) is 0 Å². The Balaban J connectivity index is 1.78. The predicted molar refractivity (Wildman–Crippen MR) is 91.7 cm³/mol. The third-order valence-corrected chi connectivity index (χ3v) is 4.55. The Morgan fingerprint density at radius 1 is 1.26 bits per heavy atom. The van der Waals surface area contributed by atoms with Gasteiger partial charge in [-0.15, -0.1) is 0 Å². The first-order valence-electron chi connectivity index (χ1n) is 7.91. The van der Waals surface area contributed by atoms with Crippen molar-refractivity contribution in [3.63, 3.8) is 0 Å². The molecule has 0 spiro atoms. The number of benzene rings is 1. The van der Waals surface area contributed by atoms with Gasteiger partial charge < -0.3 is 9.30 Å². The highest BCUT2D eigenvalue weighted by atomic mass is 16.2. The zero-order valence-corrected chi connectivity index (χ0v) is 13.6. The standard InChI is InChI=1S/C19H19N3O/c1-12-6-7-21-11-17(20-19(21)8-12)15-4-5-18-16(10-15)9-13(2)22(18)14(3)23/h4-8,10-11,13H,9H2,1-3H3/t13-/m0/s1. The molecule has 0 saturated carbocycles. The van der Waals surface area contributed by atoms with Crippen molar-refractivity contribution < 1.29 is 4.79 Å². The summed E-state index contributed by atoms with van der Waals surface area (Å²) in [6.07, 6.45) is 4.99. The molecule has 1 aliphatic rings. The molecule has 0 N–H and O–H groups in total. The molecule has 0 aliphatic carbocycles. The fraction of sp³-hybridized carbons (Fsp3) is 0.263. The Kier molecular flexibility index (Phi) is 3.01. The van der Waals surface area contributed by atoms with E-state index in [1.165, 1.54) is 11.1 Å². The number of aromatic nitrogens is 2. The topological polar surface area (TPSA) is 37.6 Å². The maximum atomic E-state index is 11.8. The average molecular weight is 305 g/mol. The van der Waals surface area contributed by atoms with Gasteiger partial charge in [0.15, 0.2) is 0 Å². The summed E-state index contributed by atoms with van der Waals surface area (Å²) in [7, 11) is 0. The van der Waals surface area contributed by atoms with Gasteiger partial charge >= 0.3 is 0 Å². The van der Waals surface area contributed by atoms with E-state index >= 15 is 0 Å². The largest absolute Gasteiger partial charge is 0.309 e. The molecule has 116 valence electrons. The molecule has 2 aromatic heterocycles. The number of hydrogen-bond acceptors (Lipinski definition) is 2.